The second-order valence-electron chi connectivity index (χ2n) is 9.15. The number of imidazole rings is 1. The van der Waals surface area contributed by atoms with E-state index >= 15 is 0 Å². The molecule has 5 rings (SSSR count). The van der Waals surface area contributed by atoms with Crippen LogP contribution in [0.2, 0.25) is 0 Å². The lowest BCUT2D eigenvalue weighted by atomic mass is 10.1. The molecule has 202 valence electrons. The third-order valence-corrected chi connectivity index (χ3v) is 7.79. The van der Waals surface area contributed by atoms with Gasteiger partial charge in [0.1, 0.15) is 0 Å². The molecule has 2 amide bonds. The Morgan fingerprint density at radius 2 is 1.72 bits per heavy atom. The van der Waals surface area contributed by atoms with Crippen LogP contribution in [0.3, 0.4) is 0 Å². The molecule has 4 aromatic rings. The number of aryl methyl sites for hydroxylation is 1. The van der Waals surface area contributed by atoms with E-state index in [0.29, 0.717) is 49.9 Å². The number of sulfonamides is 1. The fourth-order valence-corrected chi connectivity index (χ4v) is 5.54. The molecule has 0 unspecified atom stereocenters. The molecule has 39 heavy (non-hydrogen) atoms. The van der Waals surface area contributed by atoms with E-state index < -0.39 is 15.9 Å². The van der Waals surface area contributed by atoms with E-state index in [1.165, 1.54) is 18.2 Å². The molecule has 3 aromatic carbocycles. The fourth-order valence-electron chi connectivity index (χ4n) is 4.47. The normalized spacial score (nSPS) is 13.8. The summed E-state index contributed by atoms with van der Waals surface area (Å²) >= 11 is 0. The summed E-state index contributed by atoms with van der Waals surface area (Å²) in [5.74, 6) is -0.165. The number of fused-ring (bicyclic) bond motifs is 1. The van der Waals surface area contributed by atoms with Crippen molar-refractivity contribution in [1.29, 1.82) is 0 Å². The van der Waals surface area contributed by atoms with Crippen molar-refractivity contribution in [1.82, 2.24) is 14.5 Å². The number of benzene rings is 3. The smallest absolute Gasteiger partial charge is 0.261 e. The van der Waals surface area contributed by atoms with Crippen molar-refractivity contribution < 1.29 is 22.7 Å². The Morgan fingerprint density at radius 1 is 0.949 bits per heavy atom. The van der Waals surface area contributed by atoms with Crippen LogP contribution in [0.1, 0.15) is 34.1 Å². The first kappa shape index (κ1) is 26.4. The number of ether oxygens (including phenoxy) is 1. The number of amides is 2. The van der Waals surface area contributed by atoms with Gasteiger partial charge in [0.25, 0.3) is 21.8 Å². The number of anilines is 2. The van der Waals surface area contributed by atoms with E-state index in [2.05, 4.69) is 15.0 Å². The summed E-state index contributed by atoms with van der Waals surface area (Å²) in [4.78, 5) is 32.7. The molecule has 0 radical (unpaired) electrons. The van der Waals surface area contributed by atoms with Gasteiger partial charge in [-0.25, -0.2) is 13.4 Å². The van der Waals surface area contributed by atoms with Crippen molar-refractivity contribution in [3.63, 3.8) is 0 Å². The summed E-state index contributed by atoms with van der Waals surface area (Å²) < 4.78 is 35.2. The topological polar surface area (TPSA) is 123 Å². The van der Waals surface area contributed by atoms with Crippen molar-refractivity contribution in [2.45, 2.75) is 24.8 Å². The zero-order chi connectivity index (χ0) is 27.4. The largest absolute Gasteiger partial charge is 0.378 e. The van der Waals surface area contributed by atoms with Gasteiger partial charge in [-0.05, 0) is 55.0 Å². The quantitative estimate of drug-likeness (QED) is 0.344. The maximum absolute atomic E-state index is 13.2. The molecule has 2 heterocycles. The van der Waals surface area contributed by atoms with E-state index in [0.717, 1.165) is 11.9 Å². The Bertz CT molecular complexity index is 1610. The Kier molecular flexibility index (Phi) is 7.62. The van der Waals surface area contributed by atoms with Crippen LogP contribution in [0, 0.1) is 0 Å². The number of carbonyl (C=O) groups is 2. The average Bonchev–Trinajstić information content (AvgIpc) is 3.29. The lowest BCUT2D eigenvalue weighted by Crippen LogP contribution is -2.40. The lowest BCUT2D eigenvalue weighted by molar-refractivity contribution is 0.0303. The summed E-state index contributed by atoms with van der Waals surface area (Å²) in [7, 11) is -3.80. The molecule has 0 saturated carbocycles. The van der Waals surface area contributed by atoms with Gasteiger partial charge in [0.2, 0.25) is 5.95 Å². The van der Waals surface area contributed by atoms with Crippen LogP contribution in [-0.2, 0) is 21.3 Å². The van der Waals surface area contributed by atoms with Gasteiger partial charge < -0.3 is 14.2 Å². The van der Waals surface area contributed by atoms with E-state index in [1.807, 2.05) is 17.6 Å². The maximum atomic E-state index is 13.2. The van der Waals surface area contributed by atoms with Crippen LogP contribution in [0.25, 0.3) is 11.0 Å². The Hall–Kier alpha value is -4.22. The summed E-state index contributed by atoms with van der Waals surface area (Å²) in [6.45, 7) is 4.76. The predicted octanol–water partition coefficient (Wildman–Crippen LogP) is 3.97. The minimum atomic E-state index is -3.80. The van der Waals surface area contributed by atoms with Crippen LogP contribution >= 0.6 is 0 Å². The van der Waals surface area contributed by atoms with Gasteiger partial charge in [-0.1, -0.05) is 31.2 Å². The van der Waals surface area contributed by atoms with Gasteiger partial charge >= 0.3 is 0 Å². The Balaban J connectivity index is 1.38. The molecule has 1 fully saturated rings. The zero-order valence-electron chi connectivity index (χ0n) is 21.5. The van der Waals surface area contributed by atoms with E-state index in [4.69, 9.17) is 4.74 Å². The van der Waals surface area contributed by atoms with Crippen LogP contribution in [-0.4, -0.2) is 61.0 Å². The van der Waals surface area contributed by atoms with Crippen molar-refractivity contribution in [3.8, 4) is 0 Å². The van der Waals surface area contributed by atoms with Gasteiger partial charge in [0.05, 0.1) is 29.1 Å². The monoisotopic (exact) mass is 547 g/mol. The second kappa shape index (κ2) is 11.3. The number of rotatable bonds is 8. The third-order valence-electron chi connectivity index (χ3n) is 6.40. The Morgan fingerprint density at radius 3 is 2.46 bits per heavy atom. The van der Waals surface area contributed by atoms with E-state index in [1.54, 1.807) is 53.4 Å². The number of aromatic nitrogens is 2. The standard InChI is InChI=1S/C28H29N5O5S/c1-2-13-33-25-12-11-21(27(35)32-14-16-38-17-15-32)19-24(25)29-28(33)30-26(34)20-7-6-8-22(18-20)31-39(36,37)23-9-4-3-5-10-23/h3-12,18-19,31H,2,13-17H2,1H3,(H,29,30,34). The van der Waals surface area contributed by atoms with E-state index in [9.17, 15) is 18.0 Å². The van der Waals surface area contributed by atoms with Crippen LogP contribution in [0.15, 0.2) is 77.7 Å². The van der Waals surface area contributed by atoms with Gasteiger partial charge in [0.15, 0.2) is 0 Å². The van der Waals surface area contributed by atoms with Crippen molar-refractivity contribution in [2.24, 2.45) is 0 Å². The number of hydrogen-bond acceptors (Lipinski definition) is 6. The fraction of sp³-hybridized carbons (Fsp3) is 0.250. The minimum Gasteiger partial charge on any atom is -0.378 e. The van der Waals surface area contributed by atoms with Gasteiger partial charge in [-0.15, -0.1) is 0 Å². The average molecular weight is 548 g/mol. The number of morpholine rings is 1. The molecule has 0 atom stereocenters. The van der Waals surface area contributed by atoms with Crippen LogP contribution in [0.4, 0.5) is 11.6 Å². The molecular weight excluding hydrogens is 518 g/mol. The molecule has 0 spiro atoms. The molecule has 0 bridgehead atoms. The highest BCUT2D eigenvalue weighted by Gasteiger charge is 2.21. The summed E-state index contributed by atoms with van der Waals surface area (Å²) in [6, 6.07) is 19.6. The van der Waals surface area contributed by atoms with Gasteiger partial charge in [-0.3, -0.25) is 19.6 Å². The molecule has 10 nitrogen and oxygen atoms in total. The van der Waals surface area contributed by atoms with E-state index in [-0.39, 0.29) is 22.1 Å². The highest BCUT2D eigenvalue weighted by Crippen LogP contribution is 2.24. The summed E-state index contributed by atoms with van der Waals surface area (Å²) in [5, 5.41) is 2.86. The van der Waals surface area contributed by atoms with Crippen molar-refractivity contribution in [2.75, 3.05) is 36.3 Å². The van der Waals surface area contributed by atoms with Gasteiger partial charge in [0, 0.05) is 36.4 Å². The number of hydrogen-bond donors (Lipinski definition) is 2. The molecule has 1 saturated heterocycles. The number of carbonyl (C=O) groups excluding carboxylic acids is 2. The Labute approximate surface area is 226 Å². The first-order valence-electron chi connectivity index (χ1n) is 12.7. The lowest BCUT2D eigenvalue weighted by Gasteiger charge is -2.26. The summed E-state index contributed by atoms with van der Waals surface area (Å²) in [6.07, 6.45) is 0.805. The number of nitrogens with one attached hydrogen (secondary N) is 2. The minimum absolute atomic E-state index is 0.0782. The molecule has 2 N–H and O–H groups in total. The molecule has 1 aliphatic rings. The van der Waals surface area contributed by atoms with Crippen molar-refractivity contribution >= 4 is 44.5 Å². The predicted molar refractivity (Wildman–Crippen MR) is 148 cm³/mol. The van der Waals surface area contributed by atoms with Crippen LogP contribution in [0.5, 0.6) is 0 Å². The third kappa shape index (κ3) is 5.79. The molecule has 0 aliphatic carbocycles. The first-order chi connectivity index (χ1) is 18.9. The molecular formula is C28H29N5O5S. The van der Waals surface area contributed by atoms with Gasteiger partial charge in [-0.2, -0.15) is 0 Å². The van der Waals surface area contributed by atoms with Crippen LogP contribution < -0.4 is 10.0 Å². The molecule has 11 heteroatoms. The highest BCUT2D eigenvalue weighted by molar-refractivity contribution is 7.92. The number of nitrogens with zero attached hydrogens (tertiary/aromatic N) is 3. The second-order valence-corrected chi connectivity index (χ2v) is 10.8. The SMILES string of the molecule is CCCn1c(NC(=O)c2cccc(NS(=O)(=O)c3ccccc3)c2)nc2cc(C(=O)N3CCOCC3)ccc21. The molecule has 1 aliphatic heterocycles. The van der Waals surface area contributed by atoms with Crippen molar-refractivity contribution in [3.05, 3.63) is 83.9 Å². The maximum Gasteiger partial charge on any atom is 0.261 e. The zero-order valence-corrected chi connectivity index (χ0v) is 22.3. The summed E-state index contributed by atoms with van der Waals surface area (Å²) in [5.41, 5.74) is 2.46. The first-order valence-corrected chi connectivity index (χ1v) is 14.2. The molecule has 1 aromatic heterocycles. The highest BCUT2D eigenvalue weighted by atomic mass is 32.2.